The van der Waals surface area contributed by atoms with E-state index >= 15 is 0 Å². The predicted molar refractivity (Wildman–Crippen MR) is 86.4 cm³/mol. The molecule has 0 aliphatic carbocycles. The summed E-state index contributed by atoms with van der Waals surface area (Å²) in [6, 6.07) is 14.3. The predicted octanol–water partition coefficient (Wildman–Crippen LogP) is 2.81. The van der Waals surface area contributed by atoms with Gasteiger partial charge >= 0.3 is 6.09 Å². The maximum atomic E-state index is 12.2. The number of rotatable bonds is 6. The van der Waals surface area contributed by atoms with Gasteiger partial charge in [0.2, 0.25) is 0 Å². The van der Waals surface area contributed by atoms with Crippen molar-refractivity contribution in [3.05, 3.63) is 70.7 Å². The number of ether oxygens (including phenoxy) is 1. The van der Waals surface area contributed by atoms with Crippen LogP contribution in [0.15, 0.2) is 54.6 Å². The lowest BCUT2D eigenvalue weighted by atomic mass is 10.1. The summed E-state index contributed by atoms with van der Waals surface area (Å²) in [5.74, 6) is -0.416. The number of aliphatic hydroxyl groups excluding tert-OH is 1. The van der Waals surface area contributed by atoms with Gasteiger partial charge in [-0.15, -0.1) is 0 Å². The molecule has 23 heavy (non-hydrogen) atoms. The zero-order valence-electron chi connectivity index (χ0n) is 12.2. The van der Waals surface area contributed by atoms with Crippen molar-refractivity contribution in [2.75, 3.05) is 6.61 Å². The number of hydrogen-bond acceptors (Lipinski definition) is 4. The number of hydrogen-bond donors (Lipinski definition) is 2. The normalized spacial score (nSPS) is 11.6. The molecule has 5 nitrogen and oxygen atoms in total. The Morgan fingerprint density at radius 2 is 1.74 bits per heavy atom. The molecule has 0 unspecified atom stereocenters. The number of halogens is 1. The van der Waals surface area contributed by atoms with Gasteiger partial charge in [0.1, 0.15) is 12.6 Å². The molecule has 2 aromatic rings. The summed E-state index contributed by atoms with van der Waals surface area (Å²) in [6.07, 6.45) is -0.768. The molecule has 1 amide bonds. The van der Waals surface area contributed by atoms with E-state index in [4.69, 9.17) is 16.3 Å². The number of Topliss-reactive ketones (excluding diaryl/α,β-unsaturated/α-hetero) is 1. The van der Waals surface area contributed by atoms with E-state index in [2.05, 4.69) is 5.32 Å². The van der Waals surface area contributed by atoms with Crippen molar-refractivity contribution in [2.24, 2.45) is 0 Å². The van der Waals surface area contributed by atoms with Crippen molar-refractivity contribution in [1.82, 2.24) is 5.32 Å². The Labute approximate surface area is 138 Å². The Morgan fingerprint density at radius 1 is 1.09 bits per heavy atom. The van der Waals surface area contributed by atoms with Gasteiger partial charge in [-0.1, -0.05) is 41.9 Å². The third kappa shape index (κ3) is 5.09. The Morgan fingerprint density at radius 3 is 2.35 bits per heavy atom. The van der Waals surface area contributed by atoms with Crippen LogP contribution in [0.3, 0.4) is 0 Å². The van der Waals surface area contributed by atoms with E-state index in [1.165, 1.54) is 12.1 Å². The maximum absolute atomic E-state index is 12.2. The maximum Gasteiger partial charge on any atom is 0.408 e. The van der Waals surface area contributed by atoms with E-state index in [0.717, 1.165) is 5.56 Å². The molecule has 0 aliphatic heterocycles. The van der Waals surface area contributed by atoms with Gasteiger partial charge in [-0.05, 0) is 29.8 Å². The molecule has 1 atom stereocenters. The number of benzene rings is 2. The molecule has 0 saturated carbocycles. The lowest BCUT2D eigenvalue weighted by Crippen LogP contribution is -2.43. The van der Waals surface area contributed by atoms with E-state index in [1.807, 2.05) is 30.3 Å². The summed E-state index contributed by atoms with van der Waals surface area (Å²) in [5.41, 5.74) is 1.17. The van der Waals surface area contributed by atoms with Crippen LogP contribution in [0.2, 0.25) is 5.02 Å². The molecule has 0 saturated heterocycles. The summed E-state index contributed by atoms with van der Waals surface area (Å²) in [4.78, 5) is 24.0. The zero-order valence-corrected chi connectivity index (χ0v) is 13.0. The topological polar surface area (TPSA) is 75.6 Å². The van der Waals surface area contributed by atoms with Gasteiger partial charge in [-0.2, -0.15) is 0 Å². The summed E-state index contributed by atoms with van der Waals surface area (Å²) in [7, 11) is 0. The van der Waals surface area contributed by atoms with Crippen LogP contribution in [0.5, 0.6) is 0 Å². The first kappa shape index (κ1) is 17.0. The van der Waals surface area contributed by atoms with Crippen LogP contribution in [0.25, 0.3) is 0 Å². The van der Waals surface area contributed by atoms with Crippen molar-refractivity contribution in [2.45, 2.75) is 12.6 Å². The Hall–Kier alpha value is -2.37. The molecular weight excluding hydrogens is 318 g/mol. The van der Waals surface area contributed by atoms with Crippen molar-refractivity contribution < 1.29 is 19.4 Å². The zero-order chi connectivity index (χ0) is 16.7. The fourth-order valence-electron chi connectivity index (χ4n) is 1.92. The molecule has 0 aliphatic rings. The Kier molecular flexibility index (Phi) is 6.14. The number of alkyl carbamates (subject to hydrolysis) is 1. The first-order chi connectivity index (χ1) is 11.1. The molecule has 6 heteroatoms. The molecule has 0 aromatic heterocycles. The number of amides is 1. The average Bonchev–Trinajstić information content (AvgIpc) is 2.59. The SMILES string of the molecule is O=C(N[C@H](CO)C(=O)c1ccc(Cl)cc1)OCc1ccccc1. The number of aliphatic hydroxyl groups is 1. The second kappa shape index (κ2) is 8.31. The van der Waals surface area contributed by atoms with Gasteiger partial charge in [0.05, 0.1) is 6.61 Å². The van der Waals surface area contributed by atoms with Crippen LogP contribution in [0, 0.1) is 0 Å². The summed E-state index contributed by atoms with van der Waals surface area (Å²) in [6.45, 7) is -0.443. The molecule has 0 bridgehead atoms. The molecule has 0 heterocycles. The van der Waals surface area contributed by atoms with Gasteiger partial charge < -0.3 is 15.2 Å². The molecule has 0 radical (unpaired) electrons. The van der Waals surface area contributed by atoms with Crippen molar-refractivity contribution in [1.29, 1.82) is 0 Å². The smallest absolute Gasteiger partial charge is 0.408 e. The molecule has 2 aromatic carbocycles. The highest BCUT2D eigenvalue weighted by Crippen LogP contribution is 2.11. The highest BCUT2D eigenvalue weighted by molar-refractivity contribution is 6.30. The number of nitrogens with one attached hydrogen (secondary N) is 1. The van der Waals surface area contributed by atoms with Crippen LogP contribution in [-0.2, 0) is 11.3 Å². The molecular formula is C17H16ClNO4. The fourth-order valence-corrected chi connectivity index (χ4v) is 2.04. The van der Waals surface area contributed by atoms with E-state index < -0.39 is 24.5 Å². The Balaban J connectivity index is 1.91. The van der Waals surface area contributed by atoms with Crippen LogP contribution >= 0.6 is 11.6 Å². The lowest BCUT2D eigenvalue weighted by Gasteiger charge is -2.15. The van der Waals surface area contributed by atoms with Gasteiger partial charge in [0, 0.05) is 10.6 Å². The number of ketones is 1. The van der Waals surface area contributed by atoms with E-state index in [9.17, 15) is 14.7 Å². The summed E-state index contributed by atoms with van der Waals surface area (Å²) >= 11 is 5.76. The number of carbonyl (C=O) groups excluding carboxylic acids is 2. The second-order valence-corrected chi connectivity index (χ2v) is 5.25. The fraction of sp³-hybridized carbons (Fsp3) is 0.176. The van der Waals surface area contributed by atoms with Gasteiger partial charge in [-0.25, -0.2) is 4.79 Å². The van der Waals surface area contributed by atoms with Crippen molar-refractivity contribution in [3.8, 4) is 0 Å². The molecule has 2 rings (SSSR count). The molecule has 0 spiro atoms. The monoisotopic (exact) mass is 333 g/mol. The third-order valence-corrected chi connectivity index (χ3v) is 3.38. The Bertz CT molecular complexity index is 658. The van der Waals surface area contributed by atoms with Crippen LogP contribution in [0.4, 0.5) is 4.79 Å². The van der Waals surface area contributed by atoms with Crippen LogP contribution < -0.4 is 5.32 Å². The van der Waals surface area contributed by atoms with Crippen molar-refractivity contribution in [3.63, 3.8) is 0 Å². The summed E-state index contributed by atoms with van der Waals surface area (Å²) in [5, 5.41) is 12.2. The van der Waals surface area contributed by atoms with Gasteiger partial charge in [0.15, 0.2) is 5.78 Å². The highest BCUT2D eigenvalue weighted by Gasteiger charge is 2.22. The second-order valence-electron chi connectivity index (χ2n) is 4.81. The summed E-state index contributed by atoms with van der Waals surface area (Å²) < 4.78 is 5.03. The van der Waals surface area contributed by atoms with Gasteiger partial charge in [-0.3, -0.25) is 4.79 Å². The largest absolute Gasteiger partial charge is 0.445 e. The average molecular weight is 334 g/mol. The van der Waals surface area contributed by atoms with Crippen LogP contribution in [-0.4, -0.2) is 29.6 Å². The van der Waals surface area contributed by atoms with Crippen molar-refractivity contribution >= 4 is 23.5 Å². The first-order valence-electron chi connectivity index (χ1n) is 6.98. The third-order valence-electron chi connectivity index (χ3n) is 3.13. The van der Waals surface area contributed by atoms with Crippen LogP contribution in [0.1, 0.15) is 15.9 Å². The minimum Gasteiger partial charge on any atom is -0.445 e. The molecule has 0 fully saturated rings. The van der Waals surface area contributed by atoms with Gasteiger partial charge in [0.25, 0.3) is 0 Å². The standard InChI is InChI=1S/C17H16ClNO4/c18-14-8-6-13(7-9-14)16(21)15(10-20)19-17(22)23-11-12-4-2-1-3-5-12/h1-9,15,20H,10-11H2,(H,19,22)/t15-/m1/s1. The number of carbonyl (C=O) groups is 2. The lowest BCUT2D eigenvalue weighted by molar-refractivity contribution is 0.0864. The minimum absolute atomic E-state index is 0.0833. The molecule has 2 N–H and O–H groups in total. The van der Waals surface area contributed by atoms with E-state index in [-0.39, 0.29) is 6.61 Å². The van der Waals surface area contributed by atoms with E-state index in [1.54, 1.807) is 12.1 Å². The minimum atomic E-state index is -1.07. The van der Waals surface area contributed by atoms with E-state index in [0.29, 0.717) is 10.6 Å². The quantitative estimate of drug-likeness (QED) is 0.797. The highest BCUT2D eigenvalue weighted by atomic mass is 35.5. The molecule has 120 valence electrons. The first-order valence-corrected chi connectivity index (χ1v) is 7.36.